The number of nitrogens with one attached hydrogen (secondary N) is 1. The molecule has 0 unspecified atom stereocenters. The molecule has 0 fully saturated rings. The highest BCUT2D eigenvalue weighted by Crippen LogP contribution is 2.20. The van der Waals surface area contributed by atoms with Gasteiger partial charge in [0.2, 0.25) is 10.0 Å². The minimum Gasteiger partial charge on any atom is -0.465 e. The largest absolute Gasteiger partial charge is 0.465 e. The Labute approximate surface area is 124 Å². The summed E-state index contributed by atoms with van der Waals surface area (Å²) in [5, 5.41) is 0. The third-order valence-corrected chi connectivity index (χ3v) is 4.10. The molecule has 8 heteroatoms. The van der Waals surface area contributed by atoms with Crippen LogP contribution >= 0.6 is 0 Å². The first kappa shape index (κ1) is 17.4. The molecular weight excluding hydrogens is 296 g/mol. The Kier molecular flexibility index (Phi) is 6.13. The van der Waals surface area contributed by atoms with E-state index in [-0.39, 0.29) is 35.4 Å². The summed E-state index contributed by atoms with van der Waals surface area (Å²) in [5.74, 6) is -0.580. The van der Waals surface area contributed by atoms with Gasteiger partial charge in [0, 0.05) is 6.54 Å². The van der Waals surface area contributed by atoms with Crippen LogP contribution in [-0.4, -0.2) is 40.8 Å². The molecule has 0 radical (unpaired) electrons. The molecule has 0 heterocycles. The Morgan fingerprint density at radius 2 is 2.05 bits per heavy atom. The van der Waals surface area contributed by atoms with E-state index >= 15 is 0 Å². The second-order valence-corrected chi connectivity index (χ2v) is 6.30. The fourth-order valence-corrected chi connectivity index (χ4v) is 2.71. The summed E-state index contributed by atoms with van der Waals surface area (Å²) in [7, 11) is -2.51. The van der Waals surface area contributed by atoms with Gasteiger partial charge in [0.25, 0.3) is 0 Å². The van der Waals surface area contributed by atoms with Gasteiger partial charge in [0.05, 0.1) is 31.1 Å². The minimum atomic E-state index is -3.75. The van der Waals surface area contributed by atoms with Crippen molar-refractivity contribution in [3.63, 3.8) is 0 Å². The Bertz CT molecular complexity index is 599. The quantitative estimate of drug-likeness (QED) is 0.437. The van der Waals surface area contributed by atoms with Crippen LogP contribution in [0.2, 0.25) is 0 Å². The average Bonchev–Trinajstić information content (AvgIpc) is 2.42. The van der Waals surface area contributed by atoms with Gasteiger partial charge in [-0.25, -0.2) is 17.9 Å². The summed E-state index contributed by atoms with van der Waals surface area (Å²) >= 11 is 0. The van der Waals surface area contributed by atoms with E-state index in [1.807, 2.05) is 13.8 Å². The average molecular weight is 316 g/mol. The molecule has 1 aromatic carbocycles. The Balaban J connectivity index is 2.81. The number of rotatable bonds is 7. The van der Waals surface area contributed by atoms with Gasteiger partial charge in [-0.15, -0.1) is 0 Å². The van der Waals surface area contributed by atoms with Crippen LogP contribution in [0.3, 0.4) is 0 Å². The van der Waals surface area contributed by atoms with E-state index in [9.17, 15) is 13.2 Å². The first-order chi connectivity index (χ1) is 9.77. The summed E-state index contributed by atoms with van der Waals surface area (Å²) < 4.78 is 36.3. The smallest absolute Gasteiger partial charge is 0.337 e. The van der Waals surface area contributed by atoms with Crippen molar-refractivity contribution in [2.75, 3.05) is 26.0 Å². The maximum Gasteiger partial charge on any atom is 0.337 e. The standard InChI is InChI=1S/C13H20N2O5S/c1-9(2)20-7-6-15-21(17,18)12-5-4-10(8-11(12)14)13(16)19-3/h4-5,8-9,15H,6-7,14H2,1-3H3. The molecule has 3 N–H and O–H groups in total. The third-order valence-electron chi connectivity index (χ3n) is 2.57. The number of anilines is 1. The molecule has 0 saturated carbocycles. The molecule has 1 rings (SSSR count). The fraction of sp³-hybridized carbons (Fsp3) is 0.462. The van der Waals surface area contributed by atoms with Gasteiger partial charge >= 0.3 is 5.97 Å². The highest BCUT2D eigenvalue weighted by atomic mass is 32.2. The lowest BCUT2D eigenvalue weighted by Crippen LogP contribution is -2.29. The van der Waals surface area contributed by atoms with E-state index in [4.69, 9.17) is 10.5 Å². The number of carbonyl (C=O) groups excluding carboxylic acids is 1. The van der Waals surface area contributed by atoms with E-state index < -0.39 is 16.0 Å². The zero-order valence-corrected chi connectivity index (χ0v) is 13.1. The number of benzene rings is 1. The number of methoxy groups -OCH3 is 1. The number of hydrogen-bond acceptors (Lipinski definition) is 6. The molecule has 0 saturated heterocycles. The predicted molar refractivity (Wildman–Crippen MR) is 78.5 cm³/mol. The van der Waals surface area contributed by atoms with Crippen molar-refractivity contribution in [2.45, 2.75) is 24.8 Å². The summed E-state index contributed by atoms with van der Waals surface area (Å²) in [4.78, 5) is 11.3. The summed E-state index contributed by atoms with van der Waals surface area (Å²) in [6, 6.07) is 3.89. The number of hydrogen-bond donors (Lipinski definition) is 2. The highest BCUT2D eigenvalue weighted by molar-refractivity contribution is 7.89. The van der Waals surface area contributed by atoms with Gasteiger partial charge in [0.15, 0.2) is 0 Å². The molecule has 118 valence electrons. The Morgan fingerprint density at radius 3 is 2.57 bits per heavy atom. The van der Waals surface area contributed by atoms with Gasteiger partial charge in [-0.2, -0.15) is 0 Å². The van der Waals surface area contributed by atoms with Gasteiger partial charge in [-0.05, 0) is 32.0 Å². The third kappa shape index (κ3) is 5.00. The summed E-state index contributed by atoms with van der Waals surface area (Å²) in [5.41, 5.74) is 5.87. The molecule has 1 aromatic rings. The lowest BCUT2D eigenvalue weighted by Gasteiger charge is -2.11. The van der Waals surface area contributed by atoms with Crippen molar-refractivity contribution in [1.29, 1.82) is 0 Å². The van der Waals surface area contributed by atoms with Crippen molar-refractivity contribution in [1.82, 2.24) is 4.72 Å². The van der Waals surface area contributed by atoms with Gasteiger partial charge in [0.1, 0.15) is 4.90 Å². The molecule has 0 bridgehead atoms. The van der Waals surface area contributed by atoms with Crippen LogP contribution in [0.5, 0.6) is 0 Å². The van der Waals surface area contributed by atoms with Crippen molar-refractivity contribution in [3.05, 3.63) is 23.8 Å². The molecule has 0 atom stereocenters. The predicted octanol–water partition coefficient (Wildman–Crippen LogP) is 0.759. The number of esters is 1. The van der Waals surface area contributed by atoms with Crippen LogP contribution in [0.1, 0.15) is 24.2 Å². The van der Waals surface area contributed by atoms with E-state index in [0.717, 1.165) is 0 Å². The van der Waals surface area contributed by atoms with Crippen molar-refractivity contribution in [2.24, 2.45) is 0 Å². The number of nitrogen functional groups attached to an aromatic ring is 1. The monoisotopic (exact) mass is 316 g/mol. The second kappa shape index (κ2) is 7.39. The highest BCUT2D eigenvalue weighted by Gasteiger charge is 2.18. The lowest BCUT2D eigenvalue weighted by molar-refractivity contribution is 0.0600. The normalized spacial score (nSPS) is 11.6. The Morgan fingerprint density at radius 1 is 1.38 bits per heavy atom. The first-order valence-electron chi connectivity index (χ1n) is 6.37. The molecule has 21 heavy (non-hydrogen) atoms. The zero-order chi connectivity index (χ0) is 16.0. The summed E-state index contributed by atoms with van der Waals surface area (Å²) in [6.45, 7) is 4.12. The van der Waals surface area contributed by atoms with Crippen LogP contribution < -0.4 is 10.5 Å². The van der Waals surface area contributed by atoms with Crippen LogP contribution in [0.25, 0.3) is 0 Å². The molecule has 0 spiro atoms. The number of sulfonamides is 1. The molecule has 0 aliphatic rings. The molecule has 0 amide bonds. The topological polar surface area (TPSA) is 108 Å². The van der Waals surface area contributed by atoms with E-state index in [0.29, 0.717) is 0 Å². The van der Waals surface area contributed by atoms with E-state index in [1.54, 1.807) is 0 Å². The first-order valence-corrected chi connectivity index (χ1v) is 7.85. The maximum atomic E-state index is 12.1. The van der Waals surface area contributed by atoms with E-state index in [1.165, 1.54) is 25.3 Å². The van der Waals surface area contributed by atoms with E-state index in [2.05, 4.69) is 9.46 Å². The van der Waals surface area contributed by atoms with Crippen LogP contribution in [0.4, 0.5) is 5.69 Å². The number of ether oxygens (including phenoxy) is 2. The number of nitrogens with two attached hydrogens (primary N) is 1. The molecule has 0 aliphatic heterocycles. The second-order valence-electron chi connectivity index (χ2n) is 4.56. The Hall–Kier alpha value is -1.64. The maximum absolute atomic E-state index is 12.1. The SMILES string of the molecule is COC(=O)c1ccc(S(=O)(=O)NCCOC(C)C)c(N)c1. The number of carbonyl (C=O) groups is 1. The zero-order valence-electron chi connectivity index (χ0n) is 12.3. The van der Waals surface area contributed by atoms with Crippen LogP contribution in [-0.2, 0) is 19.5 Å². The van der Waals surface area contributed by atoms with Crippen molar-refractivity contribution < 1.29 is 22.7 Å². The van der Waals surface area contributed by atoms with Crippen LogP contribution in [0, 0.1) is 0 Å². The molecular formula is C13H20N2O5S. The fourth-order valence-electron chi connectivity index (χ4n) is 1.59. The molecule has 0 aromatic heterocycles. The van der Waals surface area contributed by atoms with Crippen molar-refractivity contribution in [3.8, 4) is 0 Å². The lowest BCUT2D eigenvalue weighted by atomic mass is 10.2. The summed E-state index contributed by atoms with van der Waals surface area (Å²) in [6.07, 6.45) is 0.0268. The van der Waals surface area contributed by atoms with Gasteiger partial charge in [-0.3, -0.25) is 0 Å². The molecule has 0 aliphatic carbocycles. The van der Waals surface area contributed by atoms with Crippen molar-refractivity contribution >= 4 is 21.7 Å². The van der Waals surface area contributed by atoms with Crippen LogP contribution in [0.15, 0.2) is 23.1 Å². The molecule has 7 nitrogen and oxygen atoms in total. The van der Waals surface area contributed by atoms with Gasteiger partial charge in [-0.1, -0.05) is 0 Å². The van der Waals surface area contributed by atoms with Gasteiger partial charge < -0.3 is 15.2 Å². The minimum absolute atomic E-state index is 0.0184.